The lowest BCUT2D eigenvalue weighted by Gasteiger charge is -2.16. The normalized spacial score (nSPS) is 11.3. The van der Waals surface area contributed by atoms with Gasteiger partial charge >= 0.3 is 0 Å². The first-order valence-electron chi connectivity index (χ1n) is 8.55. The number of hydrogen-bond acceptors (Lipinski definition) is 6. The van der Waals surface area contributed by atoms with Crippen molar-refractivity contribution in [3.63, 3.8) is 0 Å². The van der Waals surface area contributed by atoms with Gasteiger partial charge in [0.1, 0.15) is 0 Å². The second-order valence-electron chi connectivity index (χ2n) is 6.61. The van der Waals surface area contributed by atoms with Gasteiger partial charge in [0, 0.05) is 18.3 Å². The third kappa shape index (κ3) is 5.33. The molecule has 0 bridgehead atoms. The highest BCUT2D eigenvalue weighted by Gasteiger charge is 2.19. The zero-order valence-electron chi connectivity index (χ0n) is 16.0. The van der Waals surface area contributed by atoms with Crippen molar-refractivity contribution in [2.45, 2.75) is 13.5 Å². The average Bonchev–Trinajstić information content (AvgIpc) is 3.10. The van der Waals surface area contributed by atoms with Crippen LogP contribution in [0.5, 0.6) is 0 Å². The van der Waals surface area contributed by atoms with E-state index in [1.807, 2.05) is 31.2 Å². The second-order valence-corrected chi connectivity index (χ2v) is 8.76. The lowest BCUT2D eigenvalue weighted by atomic mass is 10.1. The minimum atomic E-state index is -3.48. The number of hydrogen-bond donors (Lipinski definition) is 1. The van der Waals surface area contributed by atoms with Gasteiger partial charge in [-0.3, -0.25) is 9.52 Å². The standard InChI is InChI=1S/C19H19ClN4O4S/c1-12-4-6-13(7-5-12)18-21-17(28-22-18)11-24(2)19(25)15-10-14(8-9-16(15)20)23-29(3,26)27/h4-10,23H,11H2,1-3H3. The Morgan fingerprint density at radius 1 is 1.21 bits per heavy atom. The Morgan fingerprint density at radius 2 is 1.90 bits per heavy atom. The molecular formula is C19H19ClN4O4S. The first-order chi connectivity index (χ1) is 13.6. The summed E-state index contributed by atoms with van der Waals surface area (Å²) >= 11 is 6.13. The molecule has 1 heterocycles. The van der Waals surface area contributed by atoms with Gasteiger partial charge in [-0.25, -0.2) is 8.42 Å². The van der Waals surface area contributed by atoms with E-state index in [0.29, 0.717) is 5.82 Å². The lowest BCUT2D eigenvalue weighted by Crippen LogP contribution is -2.26. The van der Waals surface area contributed by atoms with Crippen molar-refractivity contribution in [1.29, 1.82) is 0 Å². The number of carbonyl (C=O) groups excluding carboxylic acids is 1. The van der Waals surface area contributed by atoms with Gasteiger partial charge < -0.3 is 9.42 Å². The van der Waals surface area contributed by atoms with Crippen LogP contribution in [0.3, 0.4) is 0 Å². The number of aromatic nitrogens is 2. The molecule has 0 atom stereocenters. The number of nitrogens with zero attached hydrogens (tertiary/aromatic N) is 3. The molecule has 10 heteroatoms. The minimum absolute atomic E-state index is 0.0672. The first-order valence-corrected chi connectivity index (χ1v) is 10.8. The van der Waals surface area contributed by atoms with Crippen molar-refractivity contribution in [3.05, 3.63) is 64.5 Å². The van der Waals surface area contributed by atoms with Crippen molar-refractivity contribution in [2.24, 2.45) is 0 Å². The Balaban J connectivity index is 1.76. The highest BCUT2D eigenvalue weighted by Crippen LogP contribution is 2.23. The minimum Gasteiger partial charge on any atom is -0.337 e. The van der Waals surface area contributed by atoms with Crippen LogP contribution in [-0.2, 0) is 16.6 Å². The van der Waals surface area contributed by atoms with E-state index in [2.05, 4.69) is 14.9 Å². The maximum absolute atomic E-state index is 12.8. The summed E-state index contributed by atoms with van der Waals surface area (Å²) in [5.41, 5.74) is 2.32. The van der Waals surface area contributed by atoms with Crippen LogP contribution >= 0.6 is 11.6 Å². The Bertz CT molecular complexity index is 1140. The molecule has 0 saturated heterocycles. The summed E-state index contributed by atoms with van der Waals surface area (Å²) < 4.78 is 30.4. The highest BCUT2D eigenvalue weighted by molar-refractivity contribution is 7.92. The quantitative estimate of drug-likeness (QED) is 0.637. The van der Waals surface area contributed by atoms with Gasteiger partial charge in [-0.1, -0.05) is 46.6 Å². The van der Waals surface area contributed by atoms with Crippen molar-refractivity contribution in [2.75, 3.05) is 18.0 Å². The number of halogens is 1. The fourth-order valence-corrected chi connectivity index (χ4v) is 3.34. The van der Waals surface area contributed by atoms with E-state index >= 15 is 0 Å². The molecule has 0 unspecified atom stereocenters. The summed E-state index contributed by atoms with van der Waals surface area (Å²) in [6, 6.07) is 12.0. The first kappa shape index (κ1) is 20.8. The van der Waals surface area contributed by atoms with Gasteiger partial charge in [0.2, 0.25) is 21.7 Å². The number of nitrogens with one attached hydrogen (secondary N) is 1. The zero-order valence-corrected chi connectivity index (χ0v) is 17.6. The van der Waals surface area contributed by atoms with E-state index in [-0.39, 0.29) is 28.7 Å². The van der Waals surface area contributed by atoms with Crippen LogP contribution in [0.1, 0.15) is 21.8 Å². The van der Waals surface area contributed by atoms with Gasteiger partial charge in [-0.15, -0.1) is 0 Å². The van der Waals surface area contributed by atoms with Crippen LogP contribution in [-0.4, -0.2) is 42.7 Å². The van der Waals surface area contributed by atoms with Crippen molar-refractivity contribution in [3.8, 4) is 11.4 Å². The van der Waals surface area contributed by atoms with Crippen molar-refractivity contribution in [1.82, 2.24) is 15.0 Å². The molecule has 8 nitrogen and oxygen atoms in total. The number of aryl methyl sites for hydroxylation is 1. The van der Waals surface area contributed by atoms with Crippen LogP contribution in [0, 0.1) is 6.92 Å². The van der Waals surface area contributed by atoms with Gasteiger partial charge in [0.25, 0.3) is 5.91 Å². The Labute approximate surface area is 173 Å². The van der Waals surface area contributed by atoms with E-state index in [1.54, 1.807) is 7.05 Å². The molecule has 3 aromatic rings. The zero-order chi connectivity index (χ0) is 21.2. The topological polar surface area (TPSA) is 105 Å². The Morgan fingerprint density at radius 3 is 2.55 bits per heavy atom. The molecule has 0 saturated carbocycles. The molecule has 29 heavy (non-hydrogen) atoms. The predicted octanol–water partition coefficient (Wildman–Crippen LogP) is 3.34. The third-order valence-corrected chi connectivity index (χ3v) is 4.93. The molecule has 2 aromatic carbocycles. The summed E-state index contributed by atoms with van der Waals surface area (Å²) in [6.45, 7) is 2.05. The predicted molar refractivity (Wildman–Crippen MR) is 110 cm³/mol. The SMILES string of the molecule is Cc1ccc(-c2noc(CN(C)C(=O)c3cc(NS(C)(=O)=O)ccc3Cl)n2)cc1. The van der Waals surface area contributed by atoms with Crippen LogP contribution in [0.15, 0.2) is 47.0 Å². The molecule has 1 N–H and O–H groups in total. The largest absolute Gasteiger partial charge is 0.337 e. The summed E-state index contributed by atoms with van der Waals surface area (Å²) in [6.07, 6.45) is 1.02. The van der Waals surface area contributed by atoms with Gasteiger partial charge in [-0.2, -0.15) is 4.98 Å². The maximum Gasteiger partial charge on any atom is 0.255 e. The maximum atomic E-state index is 12.8. The molecule has 0 aliphatic heterocycles. The molecule has 0 aliphatic rings. The van der Waals surface area contributed by atoms with Crippen molar-refractivity contribution >= 4 is 33.2 Å². The molecule has 152 valence electrons. The van der Waals surface area contributed by atoms with Gasteiger partial charge in [-0.05, 0) is 25.1 Å². The smallest absolute Gasteiger partial charge is 0.255 e. The number of sulfonamides is 1. The molecule has 3 rings (SSSR count). The molecular weight excluding hydrogens is 416 g/mol. The Kier molecular flexibility index (Phi) is 5.90. The van der Waals surface area contributed by atoms with E-state index < -0.39 is 15.9 Å². The highest BCUT2D eigenvalue weighted by atomic mass is 35.5. The molecule has 1 aromatic heterocycles. The third-order valence-electron chi connectivity index (χ3n) is 4.00. The number of benzene rings is 2. The van der Waals surface area contributed by atoms with Gasteiger partial charge in [0.05, 0.1) is 23.4 Å². The summed E-state index contributed by atoms with van der Waals surface area (Å²) in [4.78, 5) is 18.5. The number of carbonyl (C=O) groups is 1. The van der Waals surface area contributed by atoms with E-state index in [4.69, 9.17) is 16.1 Å². The van der Waals surface area contributed by atoms with E-state index in [9.17, 15) is 13.2 Å². The summed E-state index contributed by atoms with van der Waals surface area (Å²) in [7, 11) is -1.92. The van der Waals surface area contributed by atoms with Crippen LogP contribution in [0.2, 0.25) is 5.02 Å². The monoisotopic (exact) mass is 434 g/mol. The molecule has 0 radical (unpaired) electrons. The van der Waals surface area contributed by atoms with E-state index in [1.165, 1.54) is 23.1 Å². The molecule has 0 aliphatic carbocycles. The number of amides is 1. The molecule has 0 spiro atoms. The fraction of sp³-hybridized carbons (Fsp3) is 0.211. The fourth-order valence-electron chi connectivity index (χ4n) is 2.59. The summed E-state index contributed by atoms with van der Waals surface area (Å²) in [5.74, 6) is 0.276. The second kappa shape index (κ2) is 8.22. The average molecular weight is 435 g/mol. The summed E-state index contributed by atoms with van der Waals surface area (Å²) in [5, 5.41) is 4.15. The lowest BCUT2D eigenvalue weighted by molar-refractivity contribution is 0.0770. The number of anilines is 1. The van der Waals surface area contributed by atoms with Crippen LogP contribution < -0.4 is 4.72 Å². The number of rotatable bonds is 6. The van der Waals surface area contributed by atoms with E-state index in [0.717, 1.165) is 17.4 Å². The van der Waals surface area contributed by atoms with Crippen LogP contribution in [0.4, 0.5) is 5.69 Å². The van der Waals surface area contributed by atoms with Crippen molar-refractivity contribution < 1.29 is 17.7 Å². The Hall–Kier alpha value is -2.91. The molecule has 1 amide bonds. The van der Waals surface area contributed by atoms with Crippen LogP contribution in [0.25, 0.3) is 11.4 Å². The molecule has 0 fully saturated rings. The van der Waals surface area contributed by atoms with Gasteiger partial charge in [0.15, 0.2) is 0 Å².